The standard InChI is InChI=1S/C14H20F2N2O.ClH/c1-14(2,3)13(18-12(19)8-17-4)10-6-5-9(15)7-11(10)16;/h5-7,13,17H,8H2,1-4H3,(H,18,19);1H. The van der Waals surface area contributed by atoms with Crippen molar-refractivity contribution in [3.63, 3.8) is 0 Å². The summed E-state index contributed by atoms with van der Waals surface area (Å²) in [5.74, 6) is -1.51. The van der Waals surface area contributed by atoms with Crippen LogP contribution in [-0.4, -0.2) is 19.5 Å². The quantitative estimate of drug-likeness (QED) is 0.898. The number of carbonyl (C=O) groups excluding carboxylic acids is 1. The molecule has 0 radical (unpaired) electrons. The predicted octanol–water partition coefficient (Wildman–Crippen LogP) is 2.81. The predicted molar refractivity (Wildman–Crippen MR) is 77.9 cm³/mol. The zero-order chi connectivity index (χ0) is 14.6. The van der Waals surface area contributed by atoms with E-state index in [9.17, 15) is 13.6 Å². The number of carbonyl (C=O) groups is 1. The average molecular weight is 307 g/mol. The summed E-state index contributed by atoms with van der Waals surface area (Å²) in [6.07, 6.45) is 0. The van der Waals surface area contributed by atoms with E-state index in [4.69, 9.17) is 0 Å². The van der Waals surface area contributed by atoms with Gasteiger partial charge in [-0.15, -0.1) is 12.4 Å². The van der Waals surface area contributed by atoms with Crippen LogP contribution in [0.4, 0.5) is 8.78 Å². The molecule has 20 heavy (non-hydrogen) atoms. The fraction of sp³-hybridized carbons (Fsp3) is 0.500. The average Bonchev–Trinajstić information content (AvgIpc) is 2.25. The minimum absolute atomic E-state index is 0. The number of rotatable bonds is 4. The highest BCUT2D eigenvalue weighted by Gasteiger charge is 2.29. The third-order valence-electron chi connectivity index (χ3n) is 2.78. The van der Waals surface area contributed by atoms with E-state index in [0.717, 1.165) is 6.07 Å². The summed E-state index contributed by atoms with van der Waals surface area (Å²) in [6.45, 7) is 5.82. The normalized spacial score (nSPS) is 12.5. The van der Waals surface area contributed by atoms with E-state index in [1.165, 1.54) is 12.1 Å². The Bertz CT molecular complexity index is 461. The summed E-state index contributed by atoms with van der Waals surface area (Å²) < 4.78 is 26.8. The summed E-state index contributed by atoms with van der Waals surface area (Å²) in [5.41, 5.74) is -0.0967. The summed E-state index contributed by atoms with van der Waals surface area (Å²) in [4.78, 5) is 11.7. The second-order valence-corrected chi connectivity index (χ2v) is 5.56. The first-order valence-electron chi connectivity index (χ1n) is 6.14. The highest BCUT2D eigenvalue weighted by Crippen LogP contribution is 2.34. The molecule has 0 bridgehead atoms. The lowest BCUT2D eigenvalue weighted by molar-refractivity contribution is -0.121. The number of benzene rings is 1. The van der Waals surface area contributed by atoms with Crippen molar-refractivity contribution in [3.05, 3.63) is 35.4 Å². The molecule has 0 aliphatic rings. The first-order valence-corrected chi connectivity index (χ1v) is 6.14. The first kappa shape index (κ1) is 18.8. The van der Waals surface area contributed by atoms with Gasteiger partial charge in [0.2, 0.25) is 5.91 Å². The molecule has 0 aromatic heterocycles. The van der Waals surface area contributed by atoms with Gasteiger partial charge in [0, 0.05) is 11.6 Å². The zero-order valence-electron chi connectivity index (χ0n) is 12.1. The van der Waals surface area contributed by atoms with Crippen LogP contribution in [0.1, 0.15) is 32.4 Å². The van der Waals surface area contributed by atoms with Gasteiger partial charge in [0.15, 0.2) is 0 Å². The summed E-state index contributed by atoms with van der Waals surface area (Å²) in [6, 6.07) is 2.88. The number of likely N-dealkylation sites (N-methyl/N-ethyl adjacent to an activating group) is 1. The van der Waals surface area contributed by atoms with Gasteiger partial charge in [-0.3, -0.25) is 4.79 Å². The molecule has 0 aliphatic carbocycles. The van der Waals surface area contributed by atoms with Gasteiger partial charge in [-0.2, -0.15) is 0 Å². The van der Waals surface area contributed by atoms with Crippen LogP contribution in [0.25, 0.3) is 0 Å². The van der Waals surface area contributed by atoms with Gasteiger partial charge < -0.3 is 10.6 Å². The molecule has 1 aromatic rings. The molecule has 1 rings (SSSR count). The first-order chi connectivity index (χ1) is 8.75. The van der Waals surface area contributed by atoms with E-state index in [2.05, 4.69) is 10.6 Å². The van der Waals surface area contributed by atoms with Gasteiger partial charge >= 0.3 is 0 Å². The Morgan fingerprint density at radius 2 is 1.90 bits per heavy atom. The summed E-state index contributed by atoms with van der Waals surface area (Å²) in [7, 11) is 1.66. The van der Waals surface area contributed by atoms with Gasteiger partial charge in [0.05, 0.1) is 12.6 Å². The van der Waals surface area contributed by atoms with E-state index >= 15 is 0 Å². The molecule has 2 N–H and O–H groups in total. The highest BCUT2D eigenvalue weighted by molar-refractivity contribution is 5.85. The van der Waals surface area contributed by atoms with Crippen LogP contribution in [-0.2, 0) is 4.79 Å². The molecule has 3 nitrogen and oxygen atoms in total. The van der Waals surface area contributed by atoms with Crippen molar-refractivity contribution in [2.75, 3.05) is 13.6 Å². The zero-order valence-corrected chi connectivity index (χ0v) is 12.9. The molecular formula is C14H21ClF2N2O. The van der Waals surface area contributed by atoms with Crippen molar-refractivity contribution < 1.29 is 13.6 Å². The molecule has 0 aliphatic heterocycles. The van der Waals surface area contributed by atoms with Gasteiger partial charge in [-0.05, 0) is 18.5 Å². The molecule has 0 spiro atoms. The van der Waals surface area contributed by atoms with Crippen molar-refractivity contribution in [2.45, 2.75) is 26.8 Å². The number of halogens is 3. The Labute approximate surface area is 124 Å². The van der Waals surface area contributed by atoms with Crippen LogP contribution >= 0.6 is 12.4 Å². The molecule has 114 valence electrons. The van der Waals surface area contributed by atoms with Crippen LogP contribution in [0.5, 0.6) is 0 Å². The van der Waals surface area contributed by atoms with Crippen molar-refractivity contribution >= 4 is 18.3 Å². The lowest BCUT2D eigenvalue weighted by atomic mass is 9.82. The minimum Gasteiger partial charge on any atom is -0.348 e. The molecule has 0 heterocycles. The van der Waals surface area contributed by atoms with Crippen LogP contribution in [0.2, 0.25) is 0 Å². The van der Waals surface area contributed by atoms with Crippen LogP contribution < -0.4 is 10.6 Å². The number of hydrogen-bond acceptors (Lipinski definition) is 2. The lowest BCUT2D eigenvalue weighted by Gasteiger charge is -2.32. The maximum absolute atomic E-state index is 13.9. The Hall–Kier alpha value is -1.20. The van der Waals surface area contributed by atoms with Crippen LogP contribution in [0.15, 0.2) is 18.2 Å². The van der Waals surface area contributed by atoms with Crippen molar-refractivity contribution in [1.29, 1.82) is 0 Å². The Morgan fingerprint density at radius 1 is 1.30 bits per heavy atom. The molecule has 6 heteroatoms. The van der Waals surface area contributed by atoms with Gasteiger partial charge in [0.25, 0.3) is 0 Å². The van der Waals surface area contributed by atoms with E-state index in [1.807, 2.05) is 20.8 Å². The summed E-state index contributed by atoms with van der Waals surface area (Å²) >= 11 is 0. The third kappa shape index (κ3) is 5.06. The number of hydrogen-bond donors (Lipinski definition) is 2. The molecule has 1 aromatic carbocycles. The van der Waals surface area contributed by atoms with Gasteiger partial charge in [-0.1, -0.05) is 26.8 Å². The SMILES string of the molecule is CNCC(=O)NC(c1ccc(F)cc1F)C(C)(C)C.Cl. The fourth-order valence-electron chi connectivity index (χ4n) is 1.87. The summed E-state index contributed by atoms with van der Waals surface area (Å²) in [5, 5.41) is 5.50. The molecule has 0 saturated heterocycles. The van der Waals surface area contributed by atoms with Gasteiger partial charge in [-0.25, -0.2) is 8.78 Å². The van der Waals surface area contributed by atoms with Gasteiger partial charge in [0.1, 0.15) is 11.6 Å². The van der Waals surface area contributed by atoms with E-state index in [1.54, 1.807) is 7.05 Å². The minimum atomic E-state index is -0.648. The lowest BCUT2D eigenvalue weighted by Crippen LogP contribution is -2.40. The number of nitrogens with one attached hydrogen (secondary N) is 2. The van der Waals surface area contributed by atoms with Crippen LogP contribution in [0.3, 0.4) is 0 Å². The molecule has 1 atom stereocenters. The van der Waals surface area contributed by atoms with Crippen molar-refractivity contribution in [1.82, 2.24) is 10.6 Å². The monoisotopic (exact) mass is 306 g/mol. The molecule has 1 unspecified atom stereocenters. The highest BCUT2D eigenvalue weighted by atomic mass is 35.5. The molecular weight excluding hydrogens is 286 g/mol. The maximum Gasteiger partial charge on any atom is 0.234 e. The maximum atomic E-state index is 13.9. The van der Waals surface area contributed by atoms with Crippen LogP contribution in [0, 0.1) is 17.0 Å². The second kappa shape index (κ2) is 7.55. The Morgan fingerprint density at radius 3 is 2.35 bits per heavy atom. The van der Waals surface area contributed by atoms with E-state index < -0.39 is 17.7 Å². The van der Waals surface area contributed by atoms with E-state index in [-0.39, 0.29) is 30.3 Å². The van der Waals surface area contributed by atoms with E-state index in [0.29, 0.717) is 5.56 Å². The largest absolute Gasteiger partial charge is 0.348 e. The van der Waals surface area contributed by atoms with Crippen molar-refractivity contribution in [3.8, 4) is 0 Å². The molecule has 1 amide bonds. The smallest absolute Gasteiger partial charge is 0.234 e. The second-order valence-electron chi connectivity index (χ2n) is 5.56. The number of amides is 1. The van der Waals surface area contributed by atoms with Crippen molar-refractivity contribution in [2.24, 2.45) is 5.41 Å². The third-order valence-corrected chi connectivity index (χ3v) is 2.78. The fourth-order valence-corrected chi connectivity index (χ4v) is 1.87. The topological polar surface area (TPSA) is 41.1 Å². The Kier molecular flexibility index (Phi) is 7.09. The molecule has 0 fully saturated rings. The molecule has 0 saturated carbocycles. The Balaban J connectivity index is 0.00000361.